The van der Waals surface area contributed by atoms with E-state index in [1.54, 1.807) is 13.8 Å². The number of amides is 1. The second kappa shape index (κ2) is 5.92. The fraction of sp³-hybridized carbons (Fsp3) is 0.286. The van der Waals surface area contributed by atoms with Crippen LogP contribution in [0.25, 0.3) is 0 Å². The van der Waals surface area contributed by atoms with Gasteiger partial charge in [-0.1, -0.05) is 0 Å². The number of hydrogen-bond donors (Lipinski definition) is 1. The molecule has 0 spiro atoms. The number of aromatic nitrogens is 2. The SMILES string of the molecule is Cc1nn(C(C)C(=O)Nc2ccc(F)cc2)c(C)c1[N+](=O)[O-]. The van der Waals surface area contributed by atoms with E-state index < -0.39 is 22.7 Å². The van der Waals surface area contributed by atoms with E-state index in [-0.39, 0.29) is 11.4 Å². The zero-order chi connectivity index (χ0) is 16.4. The second-order valence-electron chi connectivity index (χ2n) is 4.89. The molecule has 2 aromatic rings. The van der Waals surface area contributed by atoms with Gasteiger partial charge in [-0.3, -0.25) is 19.6 Å². The Morgan fingerprint density at radius 1 is 1.36 bits per heavy atom. The fourth-order valence-electron chi connectivity index (χ4n) is 2.19. The smallest absolute Gasteiger partial charge is 0.312 e. The number of carbonyl (C=O) groups excluding carboxylic acids is 1. The summed E-state index contributed by atoms with van der Waals surface area (Å²) in [5.41, 5.74) is 0.906. The number of anilines is 1. The molecule has 0 bridgehead atoms. The first-order valence-electron chi connectivity index (χ1n) is 6.57. The lowest BCUT2D eigenvalue weighted by atomic mass is 10.2. The number of nitro groups is 1. The first-order valence-corrected chi connectivity index (χ1v) is 6.57. The van der Waals surface area contributed by atoms with Gasteiger partial charge in [0.25, 0.3) is 0 Å². The van der Waals surface area contributed by atoms with Crippen LogP contribution in [0.5, 0.6) is 0 Å². The van der Waals surface area contributed by atoms with Crippen molar-refractivity contribution in [1.82, 2.24) is 9.78 Å². The average Bonchev–Trinajstić information content (AvgIpc) is 2.75. The summed E-state index contributed by atoms with van der Waals surface area (Å²) in [6.07, 6.45) is 0. The van der Waals surface area contributed by atoms with Crippen LogP contribution in [0, 0.1) is 29.8 Å². The van der Waals surface area contributed by atoms with Gasteiger partial charge in [0.1, 0.15) is 23.2 Å². The van der Waals surface area contributed by atoms with Crippen LogP contribution >= 0.6 is 0 Å². The van der Waals surface area contributed by atoms with Crippen molar-refractivity contribution < 1.29 is 14.1 Å². The Kier molecular flexibility index (Phi) is 4.20. The molecule has 1 atom stereocenters. The highest BCUT2D eigenvalue weighted by Crippen LogP contribution is 2.25. The minimum absolute atomic E-state index is 0.0959. The maximum atomic E-state index is 12.8. The van der Waals surface area contributed by atoms with Crippen molar-refractivity contribution in [1.29, 1.82) is 0 Å². The van der Waals surface area contributed by atoms with E-state index in [1.165, 1.54) is 35.9 Å². The predicted octanol–water partition coefficient (Wildman–Crippen LogP) is 2.75. The maximum absolute atomic E-state index is 12.8. The van der Waals surface area contributed by atoms with E-state index in [4.69, 9.17) is 0 Å². The van der Waals surface area contributed by atoms with Crippen molar-refractivity contribution in [3.05, 3.63) is 51.6 Å². The zero-order valence-electron chi connectivity index (χ0n) is 12.3. The van der Waals surface area contributed by atoms with E-state index in [1.807, 2.05) is 0 Å². The Labute approximate surface area is 125 Å². The van der Waals surface area contributed by atoms with Crippen LogP contribution in [0.3, 0.4) is 0 Å². The number of nitrogens with zero attached hydrogens (tertiary/aromatic N) is 3. The van der Waals surface area contributed by atoms with Crippen molar-refractivity contribution in [3.63, 3.8) is 0 Å². The molecule has 0 aliphatic rings. The number of halogens is 1. The normalized spacial score (nSPS) is 12.0. The molecule has 22 heavy (non-hydrogen) atoms. The van der Waals surface area contributed by atoms with Crippen molar-refractivity contribution in [2.24, 2.45) is 0 Å². The molecule has 0 saturated carbocycles. The molecule has 1 heterocycles. The van der Waals surface area contributed by atoms with Gasteiger partial charge in [-0.2, -0.15) is 5.10 Å². The summed E-state index contributed by atoms with van der Waals surface area (Å²) < 4.78 is 14.1. The van der Waals surface area contributed by atoms with Gasteiger partial charge in [0, 0.05) is 5.69 Å². The van der Waals surface area contributed by atoms with Crippen LogP contribution in [0.4, 0.5) is 15.8 Å². The summed E-state index contributed by atoms with van der Waals surface area (Å²) in [7, 11) is 0. The summed E-state index contributed by atoms with van der Waals surface area (Å²) in [6.45, 7) is 4.65. The van der Waals surface area contributed by atoms with Gasteiger partial charge in [0.2, 0.25) is 5.91 Å². The third kappa shape index (κ3) is 2.95. The molecule has 0 aliphatic carbocycles. The summed E-state index contributed by atoms with van der Waals surface area (Å²) >= 11 is 0. The Balaban J connectivity index is 2.22. The van der Waals surface area contributed by atoms with Gasteiger partial charge in [-0.25, -0.2) is 4.39 Å². The third-order valence-corrected chi connectivity index (χ3v) is 3.33. The van der Waals surface area contributed by atoms with E-state index in [0.717, 1.165) is 0 Å². The predicted molar refractivity (Wildman–Crippen MR) is 78.1 cm³/mol. The quantitative estimate of drug-likeness (QED) is 0.694. The van der Waals surface area contributed by atoms with Crippen LogP contribution < -0.4 is 5.32 Å². The number of rotatable bonds is 4. The fourth-order valence-corrected chi connectivity index (χ4v) is 2.19. The Morgan fingerprint density at radius 2 is 1.95 bits per heavy atom. The topological polar surface area (TPSA) is 90.1 Å². The maximum Gasteiger partial charge on any atom is 0.312 e. The second-order valence-corrected chi connectivity index (χ2v) is 4.89. The molecule has 1 unspecified atom stereocenters. The van der Waals surface area contributed by atoms with E-state index >= 15 is 0 Å². The zero-order valence-corrected chi connectivity index (χ0v) is 12.3. The van der Waals surface area contributed by atoms with Crippen LogP contribution in [0.1, 0.15) is 24.4 Å². The highest BCUT2D eigenvalue weighted by Gasteiger charge is 2.27. The number of hydrogen-bond acceptors (Lipinski definition) is 4. The number of nitrogens with one attached hydrogen (secondary N) is 1. The van der Waals surface area contributed by atoms with E-state index in [2.05, 4.69) is 10.4 Å². The molecule has 0 radical (unpaired) electrons. The molecule has 0 fully saturated rings. The molecule has 8 heteroatoms. The van der Waals surface area contributed by atoms with Crippen molar-refractivity contribution in [2.75, 3.05) is 5.32 Å². The lowest BCUT2D eigenvalue weighted by Crippen LogP contribution is -2.25. The number of aryl methyl sites for hydroxylation is 1. The van der Waals surface area contributed by atoms with Gasteiger partial charge in [-0.15, -0.1) is 0 Å². The van der Waals surface area contributed by atoms with Gasteiger partial charge in [0.05, 0.1) is 4.92 Å². The van der Waals surface area contributed by atoms with Gasteiger partial charge < -0.3 is 5.32 Å². The van der Waals surface area contributed by atoms with Crippen molar-refractivity contribution in [2.45, 2.75) is 26.8 Å². The number of benzene rings is 1. The van der Waals surface area contributed by atoms with E-state index in [0.29, 0.717) is 11.4 Å². The summed E-state index contributed by atoms with van der Waals surface area (Å²) in [5.74, 6) is -0.799. The Morgan fingerprint density at radius 3 is 2.45 bits per heavy atom. The van der Waals surface area contributed by atoms with Crippen LogP contribution in [-0.2, 0) is 4.79 Å². The van der Waals surface area contributed by atoms with Crippen LogP contribution in [0.2, 0.25) is 0 Å². The standard InChI is InChI=1S/C14H15FN4O3/c1-8-13(19(21)22)9(2)18(17-8)10(3)14(20)16-12-6-4-11(15)5-7-12/h4-7,10H,1-3H3,(H,16,20). The lowest BCUT2D eigenvalue weighted by molar-refractivity contribution is -0.386. The molecule has 1 aromatic carbocycles. The average molecular weight is 306 g/mol. The highest BCUT2D eigenvalue weighted by atomic mass is 19.1. The molecule has 2 rings (SSSR count). The van der Waals surface area contributed by atoms with Crippen molar-refractivity contribution in [3.8, 4) is 0 Å². The Hall–Kier alpha value is -2.77. The molecule has 116 valence electrons. The van der Waals surface area contributed by atoms with E-state index in [9.17, 15) is 19.3 Å². The summed E-state index contributed by atoms with van der Waals surface area (Å²) in [4.78, 5) is 22.7. The van der Waals surface area contributed by atoms with Crippen molar-refractivity contribution >= 4 is 17.3 Å². The summed E-state index contributed by atoms with van der Waals surface area (Å²) in [6, 6.07) is 4.59. The molecule has 1 N–H and O–H groups in total. The monoisotopic (exact) mass is 306 g/mol. The van der Waals surface area contributed by atoms with Crippen LogP contribution in [-0.4, -0.2) is 20.6 Å². The minimum atomic E-state index is -0.738. The molecular formula is C14H15FN4O3. The molecule has 1 aromatic heterocycles. The highest BCUT2D eigenvalue weighted by molar-refractivity contribution is 5.93. The van der Waals surface area contributed by atoms with Gasteiger partial charge in [-0.05, 0) is 45.0 Å². The first kappa shape index (κ1) is 15.6. The molecule has 7 nitrogen and oxygen atoms in total. The van der Waals surface area contributed by atoms with Crippen LogP contribution in [0.15, 0.2) is 24.3 Å². The lowest BCUT2D eigenvalue weighted by Gasteiger charge is -2.14. The third-order valence-electron chi connectivity index (χ3n) is 3.33. The molecule has 1 amide bonds. The molecule has 0 aliphatic heterocycles. The first-order chi connectivity index (χ1) is 10.3. The molecule has 0 saturated heterocycles. The number of carbonyl (C=O) groups is 1. The Bertz CT molecular complexity index is 724. The minimum Gasteiger partial charge on any atom is -0.324 e. The van der Waals surface area contributed by atoms with Gasteiger partial charge >= 0.3 is 5.69 Å². The summed E-state index contributed by atoms with van der Waals surface area (Å²) in [5, 5.41) is 17.7. The largest absolute Gasteiger partial charge is 0.324 e. The van der Waals surface area contributed by atoms with Gasteiger partial charge in [0.15, 0.2) is 0 Å². The molecular weight excluding hydrogens is 291 g/mol.